The van der Waals surface area contributed by atoms with E-state index in [1.54, 1.807) is 0 Å². The van der Waals surface area contributed by atoms with E-state index < -0.39 is 0 Å². The maximum absolute atomic E-state index is 11.6. The van der Waals surface area contributed by atoms with Gasteiger partial charge in [0.05, 0.1) is 0 Å². The number of hydrogen-bond acceptors (Lipinski definition) is 2. The topological polar surface area (TPSA) is 29.1 Å². The Bertz CT molecular complexity index is 244. The summed E-state index contributed by atoms with van der Waals surface area (Å²) in [7, 11) is 0. The van der Waals surface area contributed by atoms with Crippen molar-refractivity contribution in [3.05, 3.63) is 0 Å². The summed E-state index contributed by atoms with van der Waals surface area (Å²) in [5, 5.41) is 3.04. The number of nitrogens with one attached hydrogen (secondary N) is 1. The Kier molecular flexibility index (Phi) is 2.54. The van der Waals surface area contributed by atoms with Crippen molar-refractivity contribution in [1.29, 1.82) is 0 Å². The highest BCUT2D eigenvalue weighted by Gasteiger charge is 2.43. The van der Waals surface area contributed by atoms with Crippen molar-refractivity contribution >= 4 is 18.5 Å². The summed E-state index contributed by atoms with van der Waals surface area (Å²) in [5.74, 6) is 1.09. The third-order valence-corrected chi connectivity index (χ3v) is 4.31. The highest BCUT2D eigenvalue weighted by molar-refractivity contribution is 7.80. The average Bonchev–Trinajstić information content (AvgIpc) is 3.04. The van der Waals surface area contributed by atoms with Crippen molar-refractivity contribution in [3.8, 4) is 0 Å². The Morgan fingerprint density at radius 2 is 2.00 bits per heavy atom. The molecule has 0 heterocycles. The molecule has 0 unspecified atom stereocenters. The average molecular weight is 213 g/mol. The summed E-state index contributed by atoms with van der Waals surface area (Å²) >= 11 is 4.30. The predicted molar refractivity (Wildman–Crippen MR) is 60.5 cm³/mol. The first-order valence-electron chi connectivity index (χ1n) is 5.45. The standard InChI is InChI=1S/C11H19NOS/c1-10(2-3-10)7-12-9(13)6-11(8-14)4-5-11/h14H,2-8H2,1H3,(H,12,13). The first-order chi connectivity index (χ1) is 6.58. The summed E-state index contributed by atoms with van der Waals surface area (Å²) in [6.45, 7) is 3.10. The fourth-order valence-corrected chi connectivity index (χ4v) is 2.10. The van der Waals surface area contributed by atoms with Crippen LogP contribution in [0.4, 0.5) is 0 Å². The van der Waals surface area contributed by atoms with Gasteiger partial charge < -0.3 is 5.32 Å². The molecule has 14 heavy (non-hydrogen) atoms. The molecule has 0 spiro atoms. The van der Waals surface area contributed by atoms with E-state index in [0.29, 0.717) is 11.8 Å². The first-order valence-corrected chi connectivity index (χ1v) is 6.08. The maximum atomic E-state index is 11.6. The van der Waals surface area contributed by atoms with Gasteiger partial charge in [-0.15, -0.1) is 0 Å². The molecular formula is C11H19NOS. The van der Waals surface area contributed by atoms with Crippen LogP contribution in [-0.2, 0) is 4.79 Å². The molecule has 0 saturated heterocycles. The molecule has 80 valence electrons. The van der Waals surface area contributed by atoms with Crippen LogP contribution in [0.25, 0.3) is 0 Å². The second-order valence-corrected chi connectivity index (χ2v) is 5.74. The zero-order chi connectivity index (χ0) is 10.2. The minimum absolute atomic E-state index is 0.227. The second kappa shape index (κ2) is 3.44. The lowest BCUT2D eigenvalue weighted by Gasteiger charge is -2.14. The second-order valence-electron chi connectivity index (χ2n) is 5.42. The monoisotopic (exact) mass is 213 g/mol. The summed E-state index contributed by atoms with van der Waals surface area (Å²) in [6.07, 6.45) is 5.59. The van der Waals surface area contributed by atoms with Gasteiger partial charge in [0.15, 0.2) is 0 Å². The van der Waals surface area contributed by atoms with Crippen molar-refractivity contribution in [1.82, 2.24) is 5.32 Å². The quantitative estimate of drug-likeness (QED) is 0.672. The van der Waals surface area contributed by atoms with Crippen LogP contribution in [0.1, 0.15) is 39.0 Å². The van der Waals surface area contributed by atoms with Gasteiger partial charge in [0.2, 0.25) is 5.91 Å². The van der Waals surface area contributed by atoms with Crippen LogP contribution < -0.4 is 5.32 Å². The lowest BCUT2D eigenvalue weighted by molar-refractivity contribution is -0.122. The van der Waals surface area contributed by atoms with Gasteiger partial charge in [0.1, 0.15) is 0 Å². The lowest BCUT2D eigenvalue weighted by Crippen LogP contribution is -2.31. The first kappa shape index (κ1) is 10.3. The lowest BCUT2D eigenvalue weighted by atomic mass is 10.0. The Labute approximate surface area is 91.2 Å². The van der Waals surface area contributed by atoms with E-state index in [2.05, 4.69) is 24.9 Å². The molecule has 0 radical (unpaired) electrons. The number of thiol groups is 1. The summed E-state index contributed by atoms with van der Waals surface area (Å²) < 4.78 is 0. The molecule has 0 aromatic carbocycles. The normalized spacial score (nSPS) is 25.6. The Morgan fingerprint density at radius 1 is 1.36 bits per heavy atom. The predicted octanol–water partition coefficient (Wildman–Crippen LogP) is 2.00. The molecule has 0 aromatic rings. The number of amides is 1. The molecule has 2 aliphatic carbocycles. The third kappa shape index (κ3) is 2.44. The van der Waals surface area contributed by atoms with Crippen LogP contribution in [0.15, 0.2) is 0 Å². The van der Waals surface area contributed by atoms with Crippen LogP contribution >= 0.6 is 12.6 Å². The summed E-state index contributed by atoms with van der Waals surface area (Å²) in [4.78, 5) is 11.6. The molecule has 2 rings (SSSR count). The highest BCUT2D eigenvalue weighted by Crippen LogP contribution is 2.49. The zero-order valence-corrected chi connectivity index (χ0v) is 9.70. The van der Waals surface area contributed by atoms with Gasteiger partial charge in [-0.1, -0.05) is 6.92 Å². The van der Waals surface area contributed by atoms with Crippen LogP contribution in [0.5, 0.6) is 0 Å². The van der Waals surface area contributed by atoms with Gasteiger partial charge in [-0.25, -0.2) is 0 Å². The van der Waals surface area contributed by atoms with Crippen LogP contribution in [0.2, 0.25) is 0 Å². The van der Waals surface area contributed by atoms with Crippen molar-refractivity contribution < 1.29 is 4.79 Å². The van der Waals surface area contributed by atoms with Gasteiger partial charge >= 0.3 is 0 Å². The van der Waals surface area contributed by atoms with E-state index in [4.69, 9.17) is 0 Å². The molecule has 3 heteroatoms. The van der Waals surface area contributed by atoms with E-state index in [1.165, 1.54) is 25.7 Å². The van der Waals surface area contributed by atoms with Gasteiger partial charge in [0.25, 0.3) is 0 Å². The van der Waals surface area contributed by atoms with Gasteiger partial charge in [-0.05, 0) is 42.3 Å². The Morgan fingerprint density at radius 3 is 2.43 bits per heavy atom. The van der Waals surface area contributed by atoms with E-state index in [1.807, 2.05) is 0 Å². The maximum Gasteiger partial charge on any atom is 0.220 e. The molecule has 2 fully saturated rings. The molecule has 2 aliphatic rings. The van der Waals surface area contributed by atoms with Gasteiger partial charge in [-0.3, -0.25) is 4.79 Å². The van der Waals surface area contributed by atoms with Gasteiger partial charge in [-0.2, -0.15) is 12.6 Å². The summed E-state index contributed by atoms with van der Waals surface area (Å²) in [6, 6.07) is 0. The van der Waals surface area contributed by atoms with Crippen LogP contribution in [-0.4, -0.2) is 18.2 Å². The highest BCUT2D eigenvalue weighted by atomic mass is 32.1. The van der Waals surface area contributed by atoms with Crippen molar-refractivity contribution in [2.75, 3.05) is 12.3 Å². The number of carbonyl (C=O) groups is 1. The third-order valence-electron chi connectivity index (χ3n) is 3.64. The number of rotatable bonds is 5. The molecule has 0 atom stereocenters. The minimum atomic E-state index is 0.227. The van der Waals surface area contributed by atoms with Gasteiger partial charge in [0, 0.05) is 13.0 Å². The molecule has 1 amide bonds. The SMILES string of the molecule is CC1(CNC(=O)CC2(CS)CC2)CC1. The molecule has 2 saturated carbocycles. The fourth-order valence-electron chi connectivity index (χ4n) is 1.67. The molecule has 1 N–H and O–H groups in total. The number of hydrogen-bond donors (Lipinski definition) is 2. The Balaban J connectivity index is 1.68. The Hall–Kier alpha value is -0.180. The van der Waals surface area contributed by atoms with E-state index in [-0.39, 0.29) is 11.3 Å². The fraction of sp³-hybridized carbons (Fsp3) is 0.909. The van der Waals surface area contributed by atoms with E-state index in [0.717, 1.165) is 12.3 Å². The minimum Gasteiger partial charge on any atom is -0.356 e. The largest absolute Gasteiger partial charge is 0.356 e. The molecular weight excluding hydrogens is 194 g/mol. The molecule has 0 aliphatic heterocycles. The van der Waals surface area contributed by atoms with Crippen LogP contribution in [0, 0.1) is 10.8 Å². The summed E-state index contributed by atoms with van der Waals surface area (Å²) in [5.41, 5.74) is 0.686. The molecule has 2 nitrogen and oxygen atoms in total. The molecule has 0 bridgehead atoms. The van der Waals surface area contributed by atoms with E-state index >= 15 is 0 Å². The smallest absolute Gasteiger partial charge is 0.220 e. The zero-order valence-electron chi connectivity index (χ0n) is 8.81. The van der Waals surface area contributed by atoms with Crippen LogP contribution in [0.3, 0.4) is 0 Å². The molecule has 0 aromatic heterocycles. The van der Waals surface area contributed by atoms with Crippen molar-refractivity contribution in [3.63, 3.8) is 0 Å². The van der Waals surface area contributed by atoms with E-state index in [9.17, 15) is 4.79 Å². The van der Waals surface area contributed by atoms with Crippen molar-refractivity contribution in [2.24, 2.45) is 10.8 Å². The van der Waals surface area contributed by atoms with Crippen molar-refractivity contribution in [2.45, 2.75) is 39.0 Å². The number of carbonyl (C=O) groups excluding carboxylic acids is 1.